The van der Waals surface area contributed by atoms with Crippen LogP contribution in [0.3, 0.4) is 0 Å². The molecule has 1 saturated carbocycles. The molecular weight excluding hydrogens is 239 g/mol. The minimum absolute atomic E-state index is 0.0437. The van der Waals surface area contributed by atoms with Gasteiger partial charge in [-0.3, -0.25) is 0 Å². The fourth-order valence-corrected chi connectivity index (χ4v) is 1.83. The zero-order valence-corrected chi connectivity index (χ0v) is 9.12. The molecule has 2 N–H and O–H groups in total. The molecule has 2 rings (SSSR count). The van der Waals surface area contributed by atoms with Crippen molar-refractivity contribution < 1.29 is 22.4 Å². The van der Waals surface area contributed by atoms with Crippen LogP contribution in [0.4, 0.5) is 13.2 Å². The van der Waals surface area contributed by atoms with Gasteiger partial charge in [-0.05, 0) is 19.8 Å². The van der Waals surface area contributed by atoms with Crippen LogP contribution in [-0.2, 0) is 16.5 Å². The summed E-state index contributed by atoms with van der Waals surface area (Å²) in [5.41, 5.74) is 4.90. The van der Waals surface area contributed by atoms with Gasteiger partial charge in [-0.15, -0.1) is 0 Å². The third-order valence-corrected chi connectivity index (χ3v) is 2.70. The second-order valence-electron chi connectivity index (χ2n) is 4.06. The number of nitrogens with two attached hydrogens (primary N) is 1. The molecule has 0 spiro atoms. The standard InChI is InChI=1S/C9H12F3N3O2/c1-2-16-5-3-8(13,4-5)6-14-7(17-15-6)9(10,11)12/h5H,2-4,13H2,1H3. The second-order valence-corrected chi connectivity index (χ2v) is 4.06. The van der Waals surface area contributed by atoms with E-state index in [1.165, 1.54) is 0 Å². The van der Waals surface area contributed by atoms with E-state index in [9.17, 15) is 13.2 Å². The molecule has 0 unspecified atom stereocenters. The Balaban J connectivity index is 2.07. The van der Waals surface area contributed by atoms with Crippen molar-refractivity contribution in [2.75, 3.05) is 6.61 Å². The van der Waals surface area contributed by atoms with Crippen LogP contribution in [0.1, 0.15) is 31.5 Å². The molecule has 1 aromatic heterocycles. The van der Waals surface area contributed by atoms with Crippen molar-refractivity contribution in [3.63, 3.8) is 0 Å². The van der Waals surface area contributed by atoms with Gasteiger partial charge in [0.15, 0.2) is 5.82 Å². The minimum atomic E-state index is -4.63. The van der Waals surface area contributed by atoms with Crippen molar-refractivity contribution in [1.29, 1.82) is 0 Å². The zero-order chi connectivity index (χ0) is 12.7. The summed E-state index contributed by atoms with van der Waals surface area (Å²) < 4.78 is 46.2. The fraction of sp³-hybridized carbons (Fsp3) is 0.778. The molecule has 8 heteroatoms. The van der Waals surface area contributed by atoms with Gasteiger partial charge in [0, 0.05) is 6.61 Å². The zero-order valence-electron chi connectivity index (χ0n) is 9.12. The molecule has 1 aromatic rings. The summed E-state index contributed by atoms with van der Waals surface area (Å²) in [5, 5.41) is 3.28. The number of hydrogen-bond acceptors (Lipinski definition) is 5. The second kappa shape index (κ2) is 3.95. The summed E-state index contributed by atoms with van der Waals surface area (Å²) in [6.45, 7) is 2.38. The van der Waals surface area contributed by atoms with Crippen molar-refractivity contribution in [3.8, 4) is 0 Å². The largest absolute Gasteiger partial charge is 0.471 e. The highest BCUT2D eigenvalue weighted by Gasteiger charge is 2.48. The van der Waals surface area contributed by atoms with Crippen LogP contribution in [0, 0.1) is 0 Å². The van der Waals surface area contributed by atoms with E-state index >= 15 is 0 Å². The Morgan fingerprint density at radius 1 is 1.53 bits per heavy atom. The summed E-state index contributed by atoms with van der Waals surface area (Å²) in [5.74, 6) is -1.47. The van der Waals surface area contributed by atoms with E-state index in [1.807, 2.05) is 6.92 Å². The quantitative estimate of drug-likeness (QED) is 0.879. The number of hydrogen-bond donors (Lipinski definition) is 1. The molecule has 0 amide bonds. The lowest BCUT2D eigenvalue weighted by Crippen LogP contribution is -2.53. The molecule has 0 bridgehead atoms. The third-order valence-electron chi connectivity index (χ3n) is 2.70. The normalized spacial score (nSPS) is 29.1. The summed E-state index contributed by atoms with van der Waals surface area (Å²) in [6, 6.07) is 0. The van der Waals surface area contributed by atoms with Gasteiger partial charge in [0.1, 0.15) is 0 Å². The van der Waals surface area contributed by atoms with Gasteiger partial charge in [0.2, 0.25) is 0 Å². The molecule has 1 heterocycles. The Morgan fingerprint density at radius 2 is 2.18 bits per heavy atom. The van der Waals surface area contributed by atoms with E-state index in [0.29, 0.717) is 19.4 Å². The number of halogens is 3. The van der Waals surface area contributed by atoms with Gasteiger partial charge in [-0.1, -0.05) is 5.16 Å². The third kappa shape index (κ3) is 2.27. The monoisotopic (exact) mass is 251 g/mol. The lowest BCUT2D eigenvalue weighted by Gasteiger charge is -2.41. The van der Waals surface area contributed by atoms with Gasteiger partial charge in [-0.25, -0.2) is 0 Å². The van der Waals surface area contributed by atoms with E-state index in [1.54, 1.807) is 0 Å². The van der Waals surface area contributed by atoms with E-state index in [2.05, 4.69) is 14.7 Å². The molecule has 17 heavy (non-hydrogen) atoms. The van der Waals surface area contributed by atoms with Crippen LogP contribution >= 0.6 is 0 Å². The van der Waals surface area contributed by atoms with Crippen LogP contribution in [-0.4, -0.2) is 22.9 Å². The minimum Gasteiger partial charge on any atom is -0.378 e. The van der Waals surface area contributed by atoms with Gasteiger partial charge >= 0.3 is 12.1 Å². The lowest BCUT2D eigenvalue weighted by atomic mass is 9.74. The van der Waals surface area contributed by atoms with Crippen molar-refractivity contribution >= 4 is 0 Å². The summed E-state index contributed by atoms with van der Waals surface area (Å²) in [4.78, 5) is 3.29. The van der Waals surface area contributed by atoms with E-state index in [-0.39, 0.29) is 11.9 Å². The van der Waals surface area contributed by atoms with E-state index in [4.69, 9.17) is 10.5 Å². The highest BCUT2D eigenvalue weighted by atomic mass is 19.4. The topological polar surface area (TPSA) is 74.2 Å². The van der Waals surface area contributed by atoms with Crippen LogP contribution in [0.25, 0.3) is 0 Å². The maximum absolute atomic E-state index is 12.2. The number of nitrogens with zero attached hydrogens (tertiary/aromatic N) is 2. The first-order valence-corrected chi connectivity index (χ1v) is 5.17. The molecule has 1 aliphatic rings. The van der Waals surface area contributed by atoms with Crippen LogP contribution in [0.15, 0.2) is 4.52 Å². The molecule has 5 nitrogen and oxygen atoms in total. The van der Waals surface area contributed by atoms with E-state index in [0.717, 1.165) is 0 Å². The Labute approximate surface area is 95.1 Å². The lowest BCUT2D eigenvalue weighted by molar-refractivity contribution is -0.159. The van der Waals surface area contributed by atoms with Crippen molar-refractivity contribution in [2.24, 2.45) is 5.73 Å². The Kier molecular flexibility index (Phi) is 2.86. The highest BCUT2D eigenvalue weighted by molar-refractivity contribution is 5.12. The molecule has 0 saturated heterocycles. The maximum Gasteiger partial charge on any atom is 0.471 e. The Morgan fingerprint density at radius 3 is 2.65 bits per heavy atom. The number of aromatic nitrogens is 2. The van der Waals surface area contributed by atoms with Crippen molar-refractivity contribution in [1.82, 2.24) is 10.1 Å². The van der Waals surface area contributed by atoms with E-state index < -0.39 is 17.6 Å². The number of alkyl halides is 3. The molecule has 0 radical (unpaired) electrons. The molecule has 0 aromatic carbocycles. The molecule has 0 aliphatic heterocycles. The smallest absolute Gasteiger partial charge is 0.378 e. The molecule has 0 atom stereocenters. The average Bonchev–Trinajstić information content (AvgIpc) is 2.63. The van der Waals surface area contributed by atoms with Crippen molar-refractivity contribution in [3.05, 3.63) is 11.7 Å². The summed E-state index contributed by atoms with van der Waals surface area (Å²) in [6.07, 6.45) is -3.88. The van der Waals surface area contributed by atoms with Crippen molar-refractivity contribution in [2.45, 2.75) is 37.6 Å². The first-order valence-electron chi connectivity index (χ1n) is 5.17. The predicted molar refractivity (Wildman–Crippen MR) is 49.8 cm³/mol. The first-order chi connectivity index (χ1) is 7.85. The molecule has 96 valence electrons. The summed E-state index contributed by atoms with van der Waals surface area (Å²) >= 11 is 0. The molecular formula is C9H12F3N3O2. The van der Waals surface area contributed by atoms with Crippen LogP contribution in [0.5, 0.6) is 0 Å². The molecule has 1 aliphatic carbocycles. The Bertz CT molecular complexity index is 398. The van der Waals surface area contributed by atoms with Gasteiger partial charge in [-0.2, -0.15) is 18.2 Å². The van der Waals surface area contributed by atoms with Crippen LogP contribution in [0.2, 0.25) is 0 Å². The van der Waals surface area contributed by atoms with Gasteiger partial charge < -0.3 is 15.0 Å². The molecule has 1 fully saturated rings. The Hall–Kier alpha value is -1.15. The SMILES string of the molecule is CCOC1CC(N)(c2noc(C(F)(F)F)n2)C1. The van der Waals surface area contributed by atoms with Gasteiger partial charge in [0.05, 0.1) is 11.6 Å². The highest BCUT2D eigenvalue weighted by Crippen LogP contribution is 2.40. The number of ether oxygens (including phenoxy) is 1. The average molecular weight is 251 g/mol. The fourth-order valence-electron chi connectivity index (χ4n) is 1.83. The van der Waals surface area contributed by atoms with Crippen LogP contribution < -0.4 is 5.73 Å². The summed E-state index contributed by atoms with van der Waals surface area (Å²) in [7, 11) is 0. The van der Waals surface area contributed by atoms with Gasteiger partial charge in [0.25, 0.3) is 0 Å². The number of rotatable bonds is 3. The predicted octanol–water partition coefficient (Wildman–Crippen LogP) is 1.44. The maximum atomic E-state index is 12.2. The first kappa shape index (κ1) is 12.3.